The molecule has 0 spiro atoms. The van der Waals surface area contributed by atoms with Gasteiger partial charge in [-0.25, -0.2) is 4.98 Å². The van der Waals surface area contributed by atoms with Crippen LogP contribution in [0, 0.1) is 6.92 Å². The normalized spacial score (nSPS) is 10.5. The number of hydrogen-bond acceptors (Lipinski definition) is 8. The van der Waals surface area contributed by atoms with E-state index in [0.29, 0.717) is 27.4 Å². The predicted molar refractivity (Wildman–Crippen MR) is 107 cm³/mol. The maximum atomic E-state index is 12.0. The van der Waals surface area contributed by atoms with Crippen LogP contribution in [0.2, 0.25) is 0 Å². The number of thiazole rings is 1. The zero-order valence-corrected chi connectivity index (χ0v) is 16.7. The summed E-state index contributed by atoms with van der Waals surface area (Å²) < 4.78 is 10.6. The smallest absolute Gasteiger partial charge is 0.236 e. The number of anilines is 1. The van der Waals surface area contributed by atoms with Crippen molar-refractivity contribution in [1.82, 2.24) is 15.2 Å². The lowest BCUT2D eigenvalue weighted by atomic mass is 10.1. The number of carbonyl (C=O) groups is 1. The number of hydrogen-bond donors (Lipinski definition) is 1. The molecule has 9 heteroatoms. The molecule has 0 aliphatic carbocycles. The summed E-state index contributed by atoms with van der Waals surface area (Å²) in [5.41, 5.74) is 2.34. The Hall–Kier alpha value is -2.65. The van der Waals surface area contributed by atoms with Crippen LogP contribution in [0.1, 0.15) is 5.69 Å². The van der Waals surface area contributed by atoms with Gasteiger partial charge in [0, 0.05) is 10.9 Å². The van der Waals surface area contributed by atoms with Gasteiger partial charge in [-0.2, -0.15) is 0 Å². The molecule has 0 saturated carbocycles. The SMILES string of the molecule is COc1ccc(OC)c(-c2ccc(SCC(=O)Nc3nc(C)cs3)nn2)c1. The molecule has 0 fully saturated rings. The third-order valence-electron chi connectivity index (χ3n) is 3.54. The number of nitrogens with zero attached hydrogens (tertiary/aromatic N) is 3. The molecule has 140 valence electrons. The average molecular weight is 403 g/mol. The van der Waals surface area contributed by atoms with Crippen molar-refractivity contribution in [3.63, 3.8) is 0 Å². The number of amides is 1. The van der Waals surface area contributed by atoms with Gasteiger partial charge in [0.2, 0.25) is 5.91 Å². The Morgan fingerprint density at radius 2 is 2.04 bits per heavy atom. The van der Waals surface area contributed by atoms with Crippen molar-refractivity contribution in [3.05, 3.63) is 41.4 Å². The van der Waals surface area contributed by atoms with E-state index in [4.69, 9.17) is 9.47 Å². The van der Waals surface area contributed by atoms with Crippen molar-refractivity contribution in [2.24, 2.45) is 0 Å². The fraction of sp³-hybridized carbons (Fsp3) is 0.222. The van der Waals surface area contributed by atoms with Gasteiger partial charge in [0.1, 0.15) is 16.5 Å². The lowest BCUT2D eigenvalue weighted by Gasteiger charge is -2.09. The van der Waals surface area contributed by atoms with Crippen LogP contribution in [0.4, 0.5) is 5.13 Å². The minimum Gasteiger partial charge on any atom is -0.497 e. The van der Waals surface area contributed by atoms with Crippen molar-refractivity contribution < 1.29 is 14.3 Å². The second-order valence-corrected chi connectivity index (χ2v) is 7.31. The highest BCUT2D eigenvalue weighted by atomic mass is 32.2. The zero-order chi connectivity index (χ0) is 19.2. The number of aromatic nitrogens is 3. The monoisotopic (exact) mass is 402 g/mol. The highest BCUT2D eigenvalue weighted by Crippen LogP contribution is 2.32. The highest BCUT2D eigenvalue weighted by molar-refractivity contribution is 7.99. The van der Waals surface area contributed by atoms with E-state index in [1.165, 1.54) is 23.1 Å². The molecule has 2 heterocycles. The van der Waals surface area contributed by atoms with Crippen molar-refractivity contribution in [2.45, 2.75) is 11.9 Å². The Bertz CT molecular complexity index is 929. The maximum Gasteiger partial charge on any atom is 0.236 e. The first-order valence-electron chi connectivity index (χ1n) is 8.00. The fourth-order valence-corrected chi connectivity index (χ4v) is 3.58. The number of carbonyl (C=O) groups excluding carboxylic acids is 1. The third-order valence-corrected chi connectivity index (χ3v) is 5.33. The third kappa shape index (κ3) is 4.95. The van der Waals surface area contributed by atoms with Crippen LogP contribution in [-0.4, -0.2) is 41.1 Å². The van der Waals surface area contributed by atoms with E-state index in [1.54, 1.807) is 14.2 Å². The van der Waals surface area contributed by atoms with Gasteiger partial charge in [0.25, 0.3) is 0 Å². The first kappa shape index (κ1) is 19.1. The molecular formula is C18H18N4O3S2. The standard InChI is InChI=1S/C18H18N4O3S2/c1-11-9-27-18(19-11)20-16(23)10-26-17-7-5-14(21-22-17)13-8-12(24-2)4-6-15(13)25-3/h4-9H,10H2,1-3H3,(H,19,20,23). The van der Waals surface area contributed by atoms with Crippen LogP contribution in [-0.2, 0) is 4.79 Å². The van der Waals surface area contributed by atoms with Gasteiger partial charge in [0.15, 0.2) is 5.13 Å². The minimum atomic E-state index is -0.130. The molecule has 1 amide bonds. The fourth-order valence-electron chi connectivity index (χ4n) is 2.26. The minimum absolute atomic E-state index is 0.130. The second kappa shape index (κ2) is 8.83. The van der Waals surface area contributed by atoms with Gasteiger partial charge in [0.05, 0.1) is 31.4 Å². The molecule has 0 saturated heterocycles. The molecule has 0 aliphatic rings. The molecule has 1 aromatic carbocycles. The summed E-state index contributed by atoms with van der Waals surface area (Å²) in [5, 5.41) is 14.4. The summed E-state index contributed by atoms with van der Waals surface area (Å²) in [7, 11) is 3.21. The average Bonchev–Trinajstić information content (AvgIpc) is 3.10. The predicted octanol–water partition coefficient (Wildman–Crippen LogP) is 3.66. The summed E-state index contributed by atoms with van der Waals surface area (Å²) in [6.07, 6.45) is 0. The number of aryl methyl sites for hydroxylation is 1. The number of nitrogens with one attached hydrogen (secondary N) is 1. The summed E-state index contributed by atoms with van der Waals surface area (Å²) in [5.74, 6) is 1.49. The lowest BCUT2D eigenvalue weighted by molar-refractivity contribution is -0.113. The Morgan fingerprint density at radius 1 is 1.19 bits per heavy atom. The van der Waals surface area contributed by atoms with Crippen LogP contribution in [0.15, 0.2) is 40.7 Å². The number of rotatable bonds is 7. The van der Waals surface area contributed by atoms with Crippen LogP contribution in [0.5, 0.6) is 11.5 Å². The largest absolute Gasteiger partial charge is 0.497 e. The lowest BCUT2D eigenvalue weighted by Crippen LogP contribution is -2.14. The van der Waals surface area contributed by atoms with Crippen molar-refractivity contribution in [3.8, 4) is 22.8 Å². The van der Waals surface area contributed by atoms with Gasteiger partial charge in [-0.1, -0.05) is 11.8 Å². The van der Waals surface area contributed by atoms with Crippen molar-refractivity contribution in [1.29, 1.82) is 0 Å². The molecule has 3 aromatic rings. The van der Waals surface area contributed by atoms with Crippen LogP contribution in [0.25, 0.3) is 11.3 Å². The molecule has 2 aromatic heterocycles. The molecule has 0 atom stereocenters. The first-order chi connectivity index (χ1) is 13.1. The molecule has 1 N–H and O–H groups in total. The van der Waals surface area contributed by atoms with E-state index in [9.17, 15) is 4.79 Å². The van der Waals surface area contributed by atoms with E-state index in [2.05, 4.69) is 20.5 Å². The molecular weight excluding hydrogens is 384 g/mol. The Balaban J connectivity index is 1.64. The summed E-state index contributed by atoms with van der Waals surface area (Å²) >= 11 is 2.71. The van der Waals surface area contributed by atoms with Crippen LogP contribution < -0.4 is 14.8 Å². The molecule has 0 bridgehead atoms. The van der Waals surface area contributed by atoms with E-state index in [0.717, 1.165) is 11.3 Å². The summed E-state index contributed by atoms with van der Waals surface area (Å²) in [6.45, 7) is 1.88. The topological polar surface area (TPSA) is 86.2 Å². The van der Waals surface area contributed by atoms with Crippen LogP contribution >= 0.6 is 23.1 Å². The van der Waals surface area contributed by atoms with Gasteiger partial charge in [-0.15, -0.1) is 21.5 Å². The zero-order valence-electron chi connectivity index (χ0n) is 15.1. The summed E-state index contributed by atoms with van der Waals surface area (Å²) in [6, 6.07) is 9.16. The second-order valence-electron chi connectivity index (χ2n) is 5.45. The summed E-state index contributed by atoms with van der Waals surface area (Å²) in [4.78, 5) is 16.2. The number of benzene rings is 1. The molecule has 27 heavy (non-hydrogen) atoms. The van der Waals surface area contributed by atoms with E-state index < -0.39 is 0 Å². The number of ether oxygens (including phenoxy) is 2. The van der Waals surface area contributed by atoms with Crippen molar-refractivity contribution in [2.75, 3.05) is 25.3 Å². The van der Waals surface area contributed by atoms with Gasteiger partial charge >= 0.3 is 0 Å². The Kier molecular flexibility index (Phi) is 6.25. The molecule has 7 nitrogen and oxygen atoms in total. The molecule has 0 aliphatic heterocycles. The van der Waals surface area contributed by atoms with Gasteiger partial charge in [-0.05, 0) is 37.3 Å². The molecule has 0 unspecified atom stereocenters. The van der Waals surface area contributed by atoms with Crippen molar-refractivity contribution >= 4 is 34.1 Å². The maximum absolute atomic E-state index is 12.0. The van der Waals surface area contributed by atoms with E-state index in [-0.39, 0.29) is 11.7 Å². The molecule has 0 radical (unpaired) electrons. The Labute approximate surface area is 165 Å². The van der Waals surface area contributed by atoms with Gasteiger partial charge < -0.3 is 14.8 Å². The number of methoxy groups -OCH3 is 2. The highest BCUT2D eigenvalue weighted by Gasteiger charge is 2.11. The molecule has 3 rings (SSSR count). The van der Waals surface area contributed by atoms with Gasteiger partial charge in [-0.3, -0.25) is 4.79 Å². The Morgan fingerprint density at radius 3 is 2.67 bits per heavy atom. The van der Waals surface area contributed by atoms with E-state index in [1.807, 2.05) is 42.6 Å². The first-order valence-corrected chi connectivity index (χ1v) is 9.86. The van der Waals surface area contributed by atoms with Crippen LogP contribution in [0.3, 0.4) is 0 Å². The van der Waals surface area contributed by atoms with E-state index >= 15 is 0 Å². The quantitative estimate of drug-likeness (QED) is 0.604. The number of thioether (sulfide) groups is 1.